The molecule has 0 spiro atoms. The van der Waals surface area contributed by atoms with Gasteiger partial charge < -0.3 is 15.0 Å². The van der Waals surface area contributed by atoms with Gasteiger partial charge in [0.15, 0.2) is 0 Å². The van der Waals surface area contributed by atoms with Crippen molar-refractivity contribution in [3.63, 3.8) is 0 Å². The quantitative estimate of drug-likeness (QED) is 0.321. The van der Waals surface area contributed by atoms with Gasteiger partial charge in [-0.2, -0.15) is 0 Å². The Hall–Kier alpha value is -0.970. The minimum absolute atomic E-state index is 0.0329. The molecule has 2 N–H and O–H groups in total. The van der Waals surface area contributed by atoms with Crippen LogP contribution in [0.25, 0.3) is 0 Å². The second kappa shape index (κ2) is 7.37. The second-order valence-electron chi connectivity index (χ2n) is 3.64. The third kappa shape index (κ3) is 4.42. The first-order chi connectivity index (χ1) is 8.21. The largest absolute Gasteiger partial charge is 0.384 e. The summed E-state index contributed by atoms with van der Waals surface area (Å²) in [6, 6.07) is 0. The van der Waals surface area contributed by atoms with Crippen molar-refractivity contribution in [2.45, 2.75) is 25.2 Å². The fraction of sp³-hybridized carbons (Fsp3) is 0.600. The van der Waals surface area contributed by atoms with E-state index in [1.807, 2.05) is 0 Å². The van der Waals surface area contributed by atoms with Crippen LogP contribution in [0, 0.1) is 0 Å². The van der Waals surface area contributed by atoms with E-state index in [9.17, 15) is 4.79 Å². The van der Waals surface area contributed by atoms with Crippen LogP contribution < -0.4 is 5.73 Å². The SMILES string of the molecule is CN=C(N)/C=C\N(C=O)[C@H]1CC[C@@H](COP)O1. The lowest BCUT2D eigenvalue weighted by Gasteiger charge is -2.21. The third-order valence-electron chi connectivity index (χ3n) is 2.50. The summed E-state index contributed by atoms with van der Waals surface area (Å²) in [6.07, 6.45) is 5.29. The normalized spacial score (nSPS) is 25.4. The van der Waals surface area contributed by atoms with Crippen LogP contribution in [0.3, 0.4) is 0 Å². The lowest BCUT2D eigenvalue weighted by Crippen LogP contribution is -2.30. The zero-order chi connectivity index (χ0) is 12.7. The molecule has 0 aromatic heterocycles. The van der Waals surface area contributed by atoms with Crippen LogP contribution in [0.2, 0.25) is 0 Å². The molecule has 0 aromatic rings. The number of ether oxygens (including phenoxy) is 1. The maximum absolute atomic E-state index is 10.9. The summed E-state index contributed by atoms with van der Waals surface area (Å²) < 4.78 is 10.6. The average Bonchev–Trinajstić information content (AvgIpc) is 2.78. The summed E-state index contributed by atoms with van der Waals surface area (Å²) in [4.78, 5) is 16.1. The molecule has 6 nitrogen and oxygen atoms in total. The van der Waals surface area contributed by atoms with Gasteiger partial charge in [-0.05, 0) is 18.9 Å². The van der Waals surface area contributed by atoms with Gasteiger partial charge in [-0.25, -0.2) is 0 Å². The Balaban J connectivity index is 2.52. The zero-order valence-electron chi connectivity index (χ0n) is 9.78. The number of nitrogens with two attached hydrogens (primary N) is 1. The highest BCUT2D eigenvalue weighted by Crippen LogP contribution is 2.22. The Labute approximate surface area is 103 Å². The van der Waals surface area contributed by atoms with E-state index in [-0.39, 0.29) is 12.3 Å². The zero-order valence-corrected chi connectivity index (χ0v) is 10.9. The number of carbonyl (C=O) groups is 1. The molecule has 1 aliphatic rings. The van der Waals surface area contributed by atoms with E-state index in [2.05, 4.69) is 14.5 Å². The van der Waals surface area contributed by atoms with Crippen molar-refractivity contribution in [1.82, 2.24) is 4.90 Å². The predicted molar refractivity (Wildman–Crippen MR) is 68.1 cm³/mol. The lowest BCUT2D eigenvalue weighted by atomic mass is 10.2. The molecule has 0 aliphatic carbocycles. The Bertz CT molecular complexity index is 309. The number of carbonyl (C=O) groups excluding carboxylic acids is 1. The molecule has 0 aromatic carbocycles. The van der Waals surface area contributed by atoms with Crippen molar-refractivity contribution in [3.05, 3.63) is 12.3 Å². The number of hydrogen-bond donors (Lipinski definition) is 1. The van der Waals surface area contributed by atoms with Gasteiger partial charge in [0.25, 0.3) is 0 Å². The fourth-order valence-electron chi connectivity index (χ4n) is 1.57. The lowest BCUT2D eigenvalue weighted by molar-refractivity contribution is -0.126. The van der Waals surface area contributed by atoms with Crippen LogP contribution in [0.1, 0.15) is 12.8 Å². The number of nitrogens with zero attached hydrogens (tertiary/aromatic N) is 2. The first-order valence-corrected chi connectivity index (χ1v) is 5.78. The van der Waals surface area contributed by atoms with Crippen molar-refractivity contribution < 1.29 is 14.1 Å². The van der Waals surface area contributed by atoms with Crippen molar-refractivity contribution in [1.29, 1.82) is 0 Å². The van der Waals surface area contributed by atoms with E-state index in [0.717, 1.165) is 12.8 Å². The number of aliphatic imine (C=N–C) groups is 1. The Morgan fingerprint density at radius 1 is 1.71 bits per heavy atom. The molecule has 7 heteroatoms. The van der Waals surface area contributed by atoms with Crippen molar-refractivity contribution in [3.8, 4) is 0 Å². The van der Waals surface area contributed by atoms with Crippen molar-refractivity contribution in [2.75, 3.05) is 13.7 Å². The van der Waals surface area contributed by atoms with Crippen molar-refractivity contribution >= 4 is 21.7 Å². The minimum atomic E-state index is -0.251. The Morgan fingerprint density at radius 3 is 3.06 bits per heavy atom. The highest BCUT2D eigenvalue weighted by atomic mass is 31.0. The van der Waals surface area contributed by atoms with E-state index in [1.54, 1.807) is 19.3 Å². The first kappa shape index (κ1) is 14.1. The molecule has 1 unspecified atom stereocenters. The van der Waals surface area contributed by atoms with Crippen LogP contribution in [0.5, 0.6) is 0 Å². The molecule has 1 heterocycles. The number of hydrogen-bond acceptors (Lipinski definition) is 4. The molecule has 3 atom stereocenters. The molecule has 17 heavy (non-hydrogen) atoms. The monoisotopic (exact) mass is 259 g/mol. The molecular weight excluding hydrogens is 241 g/mol. The van der Waals surface area contributed by atoms with Gasteiger partial charge in [0.1, 0.15) is 12.1 Å². The standard InChI is InChI=1S/C10H18N3O3P/c1-12-9(11)4-5-13(7-14)10-3-2-8(16-10)6-15-17/h4-5,7-8,10H,2-3,6,17H2,1H3,(H2,11,12)/b5-4-/t8-,10+/m0/s1. The minimum Gasteiger partial charge on any atom is -0.384 e. The van der Waals surface area contributed by atoms with Crippen molar-refractivity contribution in [2.24, 2.45) is 10.7 Å². The van der Waals surface area contributed by atoms with E-state index in [1.165, 1.54) is 4.90 Å². The summed E-state index contributed by atoms with van der Waals surface area (Å²) in [6.45, 7) is 0.510. The molecule has 1 aliphatic heterocycles. The predicted octanol–water partition coefficient (Wildman–Crippen LogP) is 0.257. The van der Waals surface area contributed by atoms with Gasteiger partial charge in [-0.3, -0.25) is 14.7 Å². The summed E-state index contributed by atoms with van der Waals surface area (Å²) in [5.74, 6) is 0.361. The van der Waals surface area contributed by atoms with Crippen LogP contribution in [-0.2, 0) is 14.1 Å². The molecule has 1 amide bonds. The smallest absolute Gasteiger partial charge is 0.215 e. The molecule has 1 fully saturated rings. The molecule has 0 radical (unpaired) electrons. The van der Waals surface area contributed by atoms with Crippen LogP contribution in [-0.4, -0.2) is 43.1 Å². The maximum atomic E-state index is 10.9. The summed E-state index contributed by atoms with van der Waals surface area (Å²) in [7, 11) is 3.77. The Kier molecular flexibility index (Phi) is 6.11. The van der Waals surface area contributed by atoms with E-state index < -0.39 is 0 Å². The number of amidine groups is 1. The van der Waals surface area contributed by atoms with E-state index >= 15 is 0 Å². The van der Waals surface area contributed by atoms with Gasteiger partial charge in [0.05, 0.1) is 12.7 Å². The fourth-order valence-corrected chi connectivity index (χ4v) is 1.79. The van der Waals surface area contributed by atoms with Crippen LogP contribution >= 0.6 is 9.47 Å². The van der Waals surface area contributed by atoms with Crippen LogP contribution in [0.4, 0.5) is 0 Å². The second-order valence-corrected chi connectivity index (χ2v) is 3.97. The molecule has 1 saturated heterocycles. The molecule has 1 rings (SSSR count). The van der Waals surface area contributed by atoms with E-state index in [4.69, 9.17) is 15.0 Å². The average molecular weight is 259 g/mol. The molecular formula is C10H18N3O3P. The topological polar surface area (TPSA) is 77.2 Å². The third-order valence-corrected chi connectivity index (χ3v) is 2.69. The molecule has 0 bridgehead atoms. The maximum Gasteiger partial charge on any atom is 0.215 e. The summed E-state index contributed by atoms with van der Waals surface area (Å²) in [5, 5.41) is 0. The highest BCUT2D eigenvalue weighted by Gasteiger charge is 2.28. The van der Waals surface area contributed by atoms with Gasteiger partial charge in [0, 0.05) is 22.7 Å². The summed E-state index contributed by atoms with van der Waals surface area (Å²) in [5.41, 5.74) is 5.51. The first-order valence-electron chi connectivity index (χ1n) is 5.31. The Morgan fingerprint density at radius 2 is 2.47 bits per heavy atom. The van der Waals surface area contributed by atoms with Gasteiger partial charge in [0.2, 0.25) is 6.41 Å². The van der Waals surface area contributed by atoms with Crippen LogP contribution in [0.15, 0.2) is 17.3 Å². The number of amides is 1. The number of rotatable bonds is 6. The molecule has 96 valence electrons. The van der Waals surface area contributed by atoms with Gasteiger partial charge in [-0.1, -0.05) is 0 Å². The summed E-state index contributed by atoms with van der Waals surface area (Å²) >= 11 is 0. The highest BCUT2D eigenvalue weighted by molar-refractivity contribution is 7.09. The van der Waals surface area contributed by atoms with Gasteiger partial charge in [-0.15, -0.1) is 0 Å². The van der Waals surface area contributed by atoms with Gasteiger partial charge >= 0.3 is 0 Å². The van der Waals surface area contributed by atoms with E-state index in [0.29, 0.717) is 18.9 Å². The molecule has 0 saturated carbocycles.